The Labute approximate surface area is 126 Å². The Morgan fingerprint density at radius 3 is 2.55 bits per heavy atom. The molecule has 0 saturated heterocycles. The number of carbonyl (C=O) groups excluding carboxylic acids is 1. The van der Waals surface area contributed by atoms with Crippen molar-refractivity contribution >= 4 is 29.1 Å². The third-order valence-corrected chi connectivity index (χ3v) is 3.24. The summed E-state index contributed by atoms with van der Waals surface area (Å²) in [5.41, 5.74) is 1.13. The molecule has 4 heteroatoms. The van der Waals surface area contributed by atoms with Crippen molar-refractivity contribution in [3.63, 3.8) is 0 Å². The fourth-order valence-electron chi connectivity index (χ4n) is 2.11. The van der Waals surface area contributed by atoms with Crippen molar-refractivity contribution in [3.8, 4) is 0 Å². The molecule has 1 unspecified atom stereocenters. The molecule has 0 aliphatic rings. The van der Waals surface area contributed by atoms with E-state index < -0.39 is 0 Å². The Bertz CT molecular complexity index is 571. The molecule has 0 fully saturated rings. The van der Waals surface area contributed by atoms with Crippen LogP contribution in [0.5, 0.6) is 0 Å². The maximum atomic E-state index is 11.8. The molecular formula is C16H21ClN2O. The highest BCUT2D eigenvalue weighted by Gasteiger charge is 2.10. The fourth-order valence-corrected chi connectivity index (χ4v) is 2.11. The number of hydrogen-bond donors (Lipinski definition) is 2. The van der Waals surface area contributed by atoms with Gasteiger partial charge in [-0.25, -0.2) is 0 Å². The van der Waals surface area contributed by atoms with Gasteiger partial charge in [0.25, 0.3) is 0 Å². The highest BCUT2D eigenvalue weighted by atomic mass is 35.5. The van der Waals surface area contributed by atoms with Crippen LogP contribution in [0.1, 0.15) is 12.5 Å². The first-order chi connectivity index (χ1) is 9.20. The average molecular weight is 293 g/mol. The van der Waals surface area contributed by atoms with Crippen LogP contribution in [0.15, 0.2) is 42.5 Å². The van der Waals surface area contributed by atoms with Crippen molar-refractivity contribution in [1.82, 2.24) is 10.6 Å². The molecule has 1 amide bonds. The smallest absolute Gasteiger partial charge is 0.224 e. The van der Waals surface area contributed by atoms with Gasteiger partial charge in [0.05, 0.1) is 0 Å². The topological polar surface area (TPSA) is 41.1 Å². The Balaban J connectivity index is 0.00000200. The molecule has 2 aromatic rings. The second-order valence-corrected chi connectivity index (χ2v) is 4.86. The van der Waals surface area contributed by atoms with Gasteiger partial charge in [-0.1, -0.05) is 43.3 Å². The minimum absolute atomic E-state index is 0. The molecule has 0 aliphatic carbocycles. The Kier molecular flexibility index (Phi) is 6.49. The van der Waals surface area contributed by atoms with E-state index >= 15 is 0 Å². The van der Waals surface area contributed by atoms with E-state index in [1.807, 2.05) is 26.1 Å². The van der Waals surface area contributed by atoms with Crippen molar-refractivity contribution < 1.29 is 4.79 Å². The van der Waals surface area contributed by atoms with Crippen molar-refractivity contribution in [2.45, 2.75) is 13.5 Å². The largest absolute Gasteiger partial charge is 0.352 e. The van der Waals surface area contributed by atoms with Crippen molar-refractivity contribution in [3.05, 3.63) is 48.0 Å². The van der Waals surface area contributed by atoms with E-state index in [0.29, 0.717) is 13.1 Å². The number of carbonyl (C=O) groups is 1. The Morgan fingerprint density at radius 1 is 1.15 bits per heavy atom. The molecule has 3 nitrogen and oxygen atoms in total. The third kappa shape index (κ3) is 4.22. The molecule has 0 heterocycles. The minimum Gasteiger partial charge on any atom is -0.352 e. The number of benzene rings is 2. The Morgan fingerprint density at radius 2 is 1.85 bits per heavy atom. The summed E-state index contributed by atoms with van der Waals surface area (Å²) in [5.74, 6) is 0.0768. The Hall–Kier alpha value is -1.58. The second-order valence-electron chi connectivity index (χ2n) is 4.86. The summed E-state index contributed by atoms with van der Waals surface area (Å²) in [4.78, 5) is 11.8. The molecule has 2 N–H and O–H groups in total. The van der Waals surface area contributed by atoms with Crippen LogP contribution in [0.4, 0.5) is 0 Å². The van der Waals surface area contributed by atoms with Gasteiger partial charge in [-0.15, -0.1) is 12.4 Å². The van der Waals surface area contributed by atoms with Crippen LogP contribution in [-0.4, -0.2) is 19.5 Å². The standard InChI is InChI=1S/C16H20N2O.ClH/c1-12(10-17-2)16(19)18-11-13-7-8-14-5-3-4-6-15(14)9-13;/h3-9,12,17H,10-11H2,1-2H3,(H,18,19);1H. The lowest BCUT2D eigenvalue weighted by Crippen LogP contribution is -2.33. The summed E-state index contributed by atoms with van der Waals surface area (Å²) < 4.78 is 0. The van der Waals surface area contributed by atoms with Crippen molar-refractivity contribution in [2.24, 2.45) is 5.92 Å². The molecule has 0 aliphatic heterocycles. The van der Waals surface area contributed by atoms with Gasteiger partial charge in [0.1, 0.15) is 0 Å². The predicted octanol–water partition coefficient (Wildman–Crippen LogP) is 2.73. The summed E-state index contributed by atoms with van der Waals surface area (Å²) in [6.07, 6.45) is 0. The minimum atomic E-state index is -0.00884. The molecule has 0 aromatic heterocycles. The third-order valence-electron chi connectivity index (χ3n) is 3.24. The predicted molar refractivity (Wildman–Crippen MR) is 86.1 cm³/mol. The zero-order valence-corrected chi connectivity index (χ0v) is 12.7. The maximum absolute atomic E-state index is 11.8. The van der Waals surface area contributed by atoms with Crippen LogP contribution in [0, 0.1) is 5.92 Å². The molecule has 0 saturated carbocycles. The summed E-state index contributed by atoms with van der Waals surface area (Å²) in [6, 6.07) is 14.5. The maximum Gasteiger partial charge on any atom is 0.224 e. The number of fused-ring (bicyclic) bond motifs is 1. The zero-order chi connectivity index (χ0) is 13.7. The van der Waals surface area contributed by atoms with Crippen LogP contribution in [0.3, 0.4) is 0 Å². The first-order valence-corrected chi connectivity index (χ1v) is 6.60. The molecule has 0 spiro atoms. The van der Waals surface area contributed by atoms with E-state index in [0.717, 1.165) is 5.56 Å². The molecule has 2 rings (SSSR count). The summed E-state index contributed by atoms with van der Waals surface area (Å²) in [6.45, 7) is 3.20. The van der Waals surface area contributed by atoms with E-state index in [2.05, 4.69) is 41.0 Å². The second kappa shape index (κ2) is 7.88. The molecule has 0 radical (unpaired) electrons. The molecular weight excluding hydrogens is 272 g/mol. The molecule has 108 valence electrons. The van der Waals surface area contributed by atoms with Gasteiger partial charge in [-0.3, -0.25) is 4.79 Å². The van der Waals surface area contributed by atoms with Crippen LogP contribution >= 0.6 is 12.4 Å². The van der Waals surface area contributed by atoms with Gasteiger partial charge in [0.2, 0.25) is 5.91 Å². The van der Waals surface area contributed by atoms with E-state index in [1.165, 1.54) is 10.8 Å². The van der Waals surface area contributed by atoms with Gasteiger partial charge in [0, 0.05) is 19.0 Å². The van der Waals surface area contributed by atoms with Gasteiger partial charge >= 0.3 is 0 Å². The van der Waals surface area contributed by atoms with E-state index in [-0.39, 0.29) is 24.2 Å². The number of nitrogens with one attached hydrogen (secondary N) is 2. The van der Waals surface area contributed by atoms with Crippen LogP contribution in [0.2, 0.25) is 0 Å². The van der Waals surface area contributed by atoms with Crippen molar-refractivity contribution in [1.29, 1.82) is 0 Å². The fraction of sp³-hybridized carbons (Fsp3) is 0.312. The first kappa shape index (κ1) is 16.5. The van der Waals surface area contributed by atoms with E-state index in [1.54, 1.807) is 0 Å². The van der Waals surface area contributed by atoms with Crippen LogP contribution in [-0.2, 0) is 11.3 Å². The summed E-state index contributed by atoms with van der Waals surface area (Å²) in [5, 5.41) is 8.41. The van der Waals surface area contributed by atoms with Gasteiger partial charge < -0.3 is 10.6 Å². The normalized spacial score (nSPS) is 11.7. The number of halogens is 1. The number of rotatable bonds is 5. The molecule has 20 heavy (non-hydrogen) atoms. The quantitative estimate of drug-likeness (QED) is 0.890. The monoisotopic (exact) mass is 292 g/mol. The van der Waals surface area contributed by atoms with E-state index in [4.69, 9.17) is 0 Å². The van der Waals surface area contributed by atoms with Crippen molar-refractivity contribution in [2.75, 3.05) is 13.6 Å². The molecule has 2 aromatic carbocycles. The highest BCUT2D eigenvalue weighted by molar-refractivity contribution is 5.85. The van der Waals surface area contributed by atoms with E-state index in [9.17, 15) is 4.79 Å². The average Bonchev–Trinajstić information content (AvgIpc) is 2.44. The number of hydrogen-bond acceptors (Lipinski definition) is 2. The molecule has 1 atom stereocenters. The lowest BCUT2D eigenvalue weighted by molar-refractivity contribution is -0.124. The van der Waals surface area contributed by atoms with Gasteiger partial charge in [0.15, 0.2) is 0 Å². The number of amides is 1. The molecule has 0 bridgehead atoms. The highest BCUT2D eigenvalue weighted by Crippen LogP contribution is 2.15. The lowest BCUT2D eigenvalue weighted by Gasteiger charge is -2.12. The van der Waals surface area contributed by atoms with Crippen LogP contribution in [0.25, 0.3) is 10.8 Å². The van der Waals surface area contributed by atoms with Gasteiger partial charge in [-0.2, -0.15) is 0 Å². The first-order valence-electron chi connectivity index (χ1n) is 6.60. The SMILES string of the molecule is CNCC(C)C(=O)NCc1ccc2ccccc2c1.Cl. The summed E-state index contributed by atoms with van der Waals surface area (Å²) >= 11 is 0. The van der Waals surface area contributed by atoms with Gasteiger partial charge in [-0.05, 0) is 29.4 Å². The summed E-state index contributed by atoms with van der Waals surface area (Å²) in [7, 11) is 1.85. The van der Waals surface area contributed by atoms with Crippen LogP contribution < -0.4 is 10.6 Å². The lowest BCUT2D eigenvalue weighted by atomic mass is 10.1. The zero-order valence-electron chi connectivity index (χ0n) is 11.8.